The first-order valence-corrected chi connectivity index (χ1v) is 4.29. The first-order valence-electron chi connectivity index (χ1n) is 3.85. The Morgan fingerprint density at radius 3 is 2.42 bits per heavy atom. The topological polar surface area (TPSA) is 32.3 Å². The van der Waals surface area contributed by atoms with Crippen molar-refractivity contribution in [3.05, 3.63) is 29.8 Å². The molecule has 0 radical (unpaired) electrons. The molecule has 0 fully saturated rings. The Morgan fingerprint density at radius 1 is 1.42 bits per heavy atom. The molecule has 1 aromatic rings. The number of aliphatic hydroxyl groups excluding tert-OH is 1. The zero-order valence-electron chi connectivity index (χ0n) is 6.99. The van der Waals surface area contributed by atoms with Crippen LogP contribution in [0.4, 0.5) is 0 Å². The highest BCUT2D eigenvalue weighted by Crippen LogP contribution is 2.14. The van der Waals surface area contributed by atoms with Gasteiger partial charge in [0.2, 0.25) is 0 Å². The number of likely N-dealkylation sites (N-methyl/N-ethyl adjacent to an activating group) is 1. The van der Waals surface area contributed by atoms with Gasteiger partial charge in [0, 0.05) is 4.90 Å². The van der Waals surface area contributed by atoms with Crippen molar-refractivity contribution in [2.75, 3.05) is 13.7 Å². The van der Waals surface area contributed by atoms with Gasteiger partial charge in [-0.1, -0.05) is 12.1 Å². The van der Waals surface area contributed by atoms with E-state index in [0.29, 0.717) is 0 Å². The Bertz CT molecular complexity index is 231. The van der Waals surface area contributed by atoms with Crippen molar-refractivity contribution in [2.24, 2.45) is 0 Å². The summed E-state index contributed by atoms with van der Waals surface area (Å²) in [4.78, 5) is 0.937. The van der Waals surface area contributed by atoms with E-state index in [1.54, 1.807) is 0 Å². The lowest BCUT2D eigenvalue weighted by molar-refractivity contribution is 0.251. The smallest absolute Gasteiger partial charge is 0.0626 e. The highest BCUT2D eigenvalue weighted by molar-refractivity contribution is 7.80. The fourth-order valence-corrected chi connectivity index (χ4v) is 1.22. The summed E-state index contributed by atoms with van der Waals surface area (Å²) in [7, 11) is 1.83. The standard InChI is InChI=1S/C9H13NOS/c1-10-9(6-11)7-2-4-8(12)5-3-7/h2-5,9-12H,6H2,1H3/t9-/m1/s1. The monoisotopic (exact) mass is 183 g/mol. The van der Waals surface area contributed by atoms with Crippen molar-refractivity contribution in [1.82, 2.24) is 5.32 Å². The lowest BCUT2D eigenvalue weighted by Crippen LogP contribution is -2.19. The SMILES string of the molecule is CN[C@H](CO)c1ccc(S)cc1. The molecule has 12 heavy (non-hydrogen) atoms. The number of aliphatic hydroxyl groups is 1. The second kappa shape index (κ2) is 4.50. The lowest BCUT2D eigenvalue weighted by Gasteiger charge is -2.12. The third-order valence-corrected chi connectivity index (χ3v) is 2.12. The number of nitrogens with one attached hydrogen (secondary N) is 1. The van der Waals surface area contributed by atoms with E-state index in [4.69, 9.17) is 5.11 Å². The molecule has 0 amide bonds. The van der Waals surface area contributed by atoms with Crippen LogP contribution < -0.4 is 5.32 Å². The maximum absolute atomic E-state index is 8.97. The largest absolute Gasteiger partial charge is 0.394 e. The predicted octanol–water partition coefficient (Wildman–Crippen LogP) is 1.23. The van der Waals surface area contributed by atoms with Gasteiger partial charge in [0.1, 0.15) is 0 Å². The van der Waals surface area contributed by atoms with Crippen LogP contribution in [0.3, 0.4) is 0 Å². The van der Waals surface area contributed by atoms with Crippen LogP contribution in [0, 0.1) is 0 Å². The Labute approximate surface area is 78.0 Å². The summed E-state index contributed by atoms with van der Waals surface area (Å²) in [6.45, 7) is 0.114. The average Bonchev–Trinajstić information content (AvgIpc) is 2.10. The van der Waals surface area contributed by atoms with Crippen LogP contribution in [0.2, 0.25) is 0 Å². The Morgan fingerprint density at radius 2 is 2.00 bits per heavy atom. The van der Waals surface area contributed by atoms with Crippen LogP contribution in [-0.2, 0) is 0 Å². The molecular formula is C9H13NOS. The number of hydrogen-bond acceptors (Lipinski definition) is 3. The maximum atomic E-state index is 8.97. The Hall–Kier alpha value is -0.510. The summed E-state index contributed by atoms with van der Waals surface area (Å²) in [5.41, 5.74) is 1.08. The van der Waals surface area contributed by atoms with Crippen molar-refractivity contribution in [2.45, 2.75) is 10.9 Å². The van der Waals surface area contributed by atoms with Crippen LogP contribution in [-0.4, -0.2) is 18.8 Å². The number of benzene rings is 1. The molecule has 1 atom stereocenters. The summed E-state index contributed by atoms with van der Waals surface area (Å²) in [6.07, 6.45) is 0. The molecule has 2 nitrogen and oxygen atoms in total. The van der Waals surface area contributed by atoms with E-state index in [-0.39, 0.29) is 12.6 Å². The van der Waals surface area contributed by atoms with Crippen LogP contribution in [0.1, 0.15) is 11.6 Å². The first-order chi connectivity index (χ1) is 5.77. The molecule has 66 valence electrons. The zero-order chi connectivity index (χ0) is 8.97. The normalized spacial score (nSPS) is 12.9. The fraction of sp³-hybridized carbons (Fsp3) is 0.333. The summed E-state index contributed by atoms with van der Waals surface area (Å²) in [5.74, 6) is 0. The van der Waals surface area contributed by atoms with Gasteiger partial charge < -0.3 is 10.4 Å². The molecule has 0 heterocycles. The number of thiol groups is 1. The summed E-state index contributed by atoms with van der Waals surface area (Å²) >= 11 is 4.18. The van der Waals surface area contributed by atoms with Crippen molar-refractivity contribution < 1.29 is 5.11 Å². The van der Waals surface area contributed by atoms with Crippen molar-refractivity contribution in [1.29, 1.82) is 0 Å². The average molecular weight is 183 g/mol. The van der Waals surface area contributed by atoms with Gasteiger partial charge in [0.05, 0.1) is 12.6 Å². The van der Waals surface area contributed by atoms with Crippen molar-refractivity contribution in [3.63, 3.8) is 0 Å². The molecular weight excluding hydrogens is 170 g/mol. The molecule has 0 bridgehead atoms. The third kappa shape index (κ3) is 2.24. The van der Waals surface area contributed by atoms with Gasteiger partial charge in [-0.25, -0.2) is 0 Å². The molecule has 0 aromatic heterocycles. The molecule has 0 spiro atoms. The highest BCUT2D eigenvalue weighted by atomic mass is 32.1. The minimum absolute atomic E-state index is 0.0268. The van der Waals surface area contributed by atoms with E-state index in [2.05, 4.69) is 17.9 Å². The summed E-state index contributed by atoms with van der Waals surface area (Å²) in [5, 5.41) is 12.0. The van der Waals surface area contributed by atoms with Gasteiger partial charge in [-0.15, -0.1) is 12.6 Å². The number of hydrogen-bond donors (Lipinski definition) is 3. The predicted molar refractivity (Wildman–Crippen MR) is 52.6 cm³/mol. The van der Waals surface area contributed by atoms with Gasteiger partial charge in [-0.2, -0.15) is 0 Å². The minimum atomic E-state index is 0.0268. The first kappa shape index (κ1) is 9.58. The summed E-state index contributed by atoms with van der Waals surface area (Å²) in [6, 6.07) is 7.77. The van der Waals surface area contributed by atoms with E-state index in [1.807, 2.05) is 31.3 Å². The Kier molecular flexibility index (Phi) is 3.59. The van der Waals surface area contributed by atoms with Crippen LogP contribution in [0.15, 0.2) is 29.2 Å². The van der Waals surface area contributed by atoms with Crippen LogP contribution >= 0.6 is 12.6 Å². The molecule has 0 saturated heterocycles. The van der Waals surface area contributed by atoms with E-state index < -0.39 is 0 Å². The second-order valence-electron chi connectivity index (χ2n) is 2.62. The fourth-order valence-electron chi connectivity index (χ4n) is 1.07. The van der Waals surface area contributed by atoms with Gasteiger partial charge in [0.25, 0.3) is 0 Å². The molecule has 0 aliphatic rings. The molecule has 1 aromatic carbocycles. The molecule has 1 rings (SSSR count). The van der Waals surface area contributed by atoms with Crippen molar-refractivity contribution >= 4 is 12.6 Å². The van der Waals surface area contributed by atoms with E-state index in [9.17, 15) is 0 Å². The zero-order valence-corrected chi connectivity index (χ0v) is 7.88. The lowest BCUT2D eigenvalue weighted by atomic mass is 10.1. The molecule has 0 unspecified atom stereocenters. The maximum Gasteiger partial charge on any atom is 0.0626 e. The van der Waals surface area contributed by atoms with E-state index in [1.165, 1.54) is 0 Å². The summed E-state index contributed by atoms with van der Waals surface area (Å²) < 4.78 is 0. The quantitative estimate of drug-likeness (QED) is 0.616. The van der Waals surface area contributed by atoms with Crippen LogP contribution in [0.5, 0.6) is 0 Å². The van der Waals surface area contributed by atoms with Crippen LogP contribution in [0.25, 0.3) is 0 Å². The molecule has 0 aliphatic carbocycles. The van der Waals surface area contributed by atoms with Gasteiger partial charge in [0.15, 0.2) is 0 Å². The number of rotatable bonds is 3. The van der Waals surface area contributed by atoms with Crippen molar-refractivity contribution in [3.8, 4) is 0 Å². The highest BCUT2D eigenvalue weighted by Gasteiger charge is 2.05. The third-order valence-electron chi connectivity index (χ3n) is 1.83. The molecule has 2 N–H and O–H groups in total. The van der Waals surface area contributed by atoms with E-state index in [0.717, 1.165) is 10.5 Å². The van der Waals surface area contributed by atoms with Gasteiger partial charge in [-0.05, 0) is 24.7 Å². The molecule has 0 saturated carbocycles. The Balaban J connectivity index is 2.80. The molecule has 3 heteroatoms. The second-order valence-corrected chi connectivity index (χ2v) is 3.13. The minimum Gasteiger partial charge on any atom is -0.394 e. The van der Waals surface area contributed by atoms with E-state index >= 15 is 0 Å². The van der Waals surface area contributed by atoms with Gasteiger partial charge >= 0.3 is 0 Å². The van der Waals surface area contributed by atoms with Gasteiger partial charge in [-0.3, -0.25) is 0 Å². The molecule has 0 aliphatic heterocycles.